The number of rotatable bonds is 4. The van der Waals surface area contributed by atoms with E-state index in [-0.39, 0.29) is 23.0 Å². The fourth-order valence-electron chi connectivity index (χ4n) is 3.01. The van der Waals surface area contributed by atoms with Crippen molar-refractivity contribution in [2.24, 2.45) is 0 Å². The molecule has 1 saturated heterocycles. The second kappa shape index (κ2) is 7.82. The lowest BCUT2D eigenvalue weighted by molar-refractivity contribution is -0.111. The SMILES string of the molecule is Cc1cc(-c2ccnc(Cl)n2)ccc1CNC(=O)N1CC(OC(C)(C)C)C1. The van der Waals surface area contributed by atoms with E-state index in [1.165, 1.54) is 0 Å². The van der Waals surface area contributed by atoms with Crippen molar-refractivity contribution < 1.29 is 9.53 Å². The summed E-state index contributed by atoms with van der Waals surface area (Å²) in [4.78, 5) is 22.2. The quantitative estimate of drug-likeness (QED) is 0.808. The van der Waals surface area contributed by atoms with Crippen LogP contribution in [0.3, 0.4) is 0 Å². The van der Waals surface area contributed by atoms with Gasteiger partial charge in [0.05, 0.1) is 30.5 Å². The molecule has 0 bridgehead atoms. The zero-order chi connectivity index (χ0) is 19.6. The Labute approximate surface area is 164 Å². The van der Waals surface area contributed by atoms with E-state index in [1.807, 2.05) is 52.0 Å². The summed E-state index contributed by atoms with van der Waals surface area (Å²) in [5, 5.41) is 3.20. The number of carbonyl (C=O) groups is 1. The van der Waals surface area contributed by atoms with Crippen LogP contribution in [0.4, 0.5) is 4.79 Å². The lowest BCUT2D eigenvalue weighted by Gasteiger charge is -2.41. The van der Waals surface area contributed by atoms with Gasteiger partial charge in [-0.2, -0.15) is 0 Å². The van der Waals surface area contributed by atoms with Gasteiger partial charge in [-0.1, -0.05) is 12.1 Å². The molecule has 0 radical (unpaired) electrons. The van der Waals surface area contributed by atoms with E-state index in [1.54, 1.807) is 11.1 Å². The molecule has 2 aromatic rings. The lowest BCUT2D eigenvalue weighted by atomic mass is 10.0. The normalized spacial score (nSPS) is 14.8. The van der Waals surface area contributed by atoms with Crippen molar-refractivity contribution in [2.75, 3.05) is 13.1 Å². The van der Waals surface area contributed by atoms with Crippen LogP contribution >= 0.6 is 11.6 Å². The maximum absolute atomic E-state index is 12.3. The standard InChI is InChI=1S/C20H25ClN4O2/c1-13-9-14(17-7-8-22-18(21)24-17)5-6-15(13)10-23-19(26)25-11-16(12-25)27-20(2,3)4/h5-9,16H,10-12H2,1-4H3,(H,23,26). The van der Waals surface area contributed by atoms with Gasteiger partial charge >= 0.3 is 6.03 Å². The Morgan fingerprint density at radius 2 is 2.07 bits per heavy atom. The van der Waals surface area contributed by atoms with Crippen LogP contribution in [-0.4, -0.2) is 45.7 Å². The first kappa shape index (κ1) is 19.6. The van der Waals surface area contributed by atoms with Gasteiger partial charge in [-0.05, 0) is 62.6 Å². The Kier molecular flexibility index (Phi) is 5.67. The topological polar surface area (TPSA) is 67.4 Å². The number of likely N-dealkylation sites (tertiary alicyclic amines) is 1. The summed E-state index contributed by atoms with van der Waals surface area (Å²) < 4.78 is 5.86. The second-order valence-corrected chi connectivity index (χ2v) is 8.11. The third-order valence-electron chi connectivity index (χ3n) is 4.35. The molecular weight excluding hydrogens is 364 g/mol. The van der Waals surface area contributed by atoms with E-state index in [0.717, 1.165) is 22.4 Å². The van der Waals surface area contributed by atoms with Gasteiger partial charge in [-0.25, -0.2) is 14.8 Å². The summed E-state index contributed by atoms with van der Waals surface area (Å²) in [7, 11) is 0. The number of nitrogens with one attached hydrogen (secondary N) is 1. The third-order valence-corrected chi connectivity index (χ3v) is 4.53. The number of halogens is 1. The fourth-order valence-corrected chi connectivity index (χ4v) is 3.16. The Morgan fingerprint density at radius 3 is 2.70 bits per heavy atom. The van der Waals surface area contributed by atoms with Crippen molar-refractivity contribution in [1.29, 1.82) is 0 Å². The molecule has 1 aromatic carbocycles. The summed E-state index contributed by atoms with van der Waals surface area (Å²) in [5.74, 6) is 0. The predicted octanol–water partition coefficient (Wildman–Crippen LogP) is 3.81. The molecule has 2 amide bonds. The van der Waals surface area contributed by atoms with E-state index in [4.69, 9.17) is 16.3 Å². The number of aromatic nitrogens is 2. The van der Waals surface area contributed by atoms with Gasteiger partial charge in [-0.3, -0.25) is 0 Å². The number of nitrogens with zero attached hydrogens (tertiary/aromatic N) is 3. The minimum atomic E-state index is -0.181. The molecule has 1 aliphatic heterocycles. The zero-order valence-electron chi connectivity index (χ0n) is 16.1. The summed E-state index contributed by atoms with van der Waals surface area (Å²) in [6, 6.07) is 7.78. The van der Waals surface area contributed by atoms with Crippen LogP contribution in [0.2, 0.25) is 5.28 Å². The molecule has 0 atom stereocenters. The number of hydrogen-bond acceptors (Lipinski definition) is 4. The number of benzene rings is 1. The number of amides is 2. The lowest BCUT2D eigenvalue weighted by Crippen LogP contribution is -2.59. The van der Waals surface area contributed by atoms with Gasteiger partial charge in [0.15, 0.2) is 0 Å². The minimum Gasteiger partial charge on any atom is -0.369 e. The van der Waals surface area contributed by atoms with Crippen LogP contribution in [0.5, 0.6) is 0 Å². The van der Waals surface area contributed by atoms with Crippen LogP contribution in [0, 0.1) is 6.92 Å². The van der Waals surface area contributed by atoms with Crippen molar-refractivity contribution in [3.63, 3.8) is 0 Å². The molecule has 0 saturated carbocycles. The van der Waals surface area contributed by atoms with Crippen molar-refractivity contribution in [3.05, 3.63) is 46.9 Å². The molecule has 7 heteroatoms. The summed E-state index contributed by atoms with van der Waals surface area (Å²) in [6.07, 6.45) is 1.76. The molecule has 1 aliphatic rings. The smallest absolute Gasteiger partial charge is 0.317 e. The number of hydrogen-bond donors (Lipinski definition) is 1. The van der Waals surface area contributed by atoms with Gasteiger partial charge < -0.3 is 15.0 Å². The molecule has 3 rings (SSSR count). The first-order valence-electron chi connectivity index (χ1n) is 9.00. The molecule has 0 unspecified atom stereocenters. The Bertz CT molecular complexity index is 829. The summed E-state index contributed by atoms with van der Waals surface area (Å²) in [6.45, 7) is 9.85. The Balaban J connectivity index is 1.54. The minimum absolute atomic E-state index is 0.0604. The summed E-state index contributed by atoms with van der Waals surface area (Å²) in [5.41, 5.74) is 3.71. The van der Waals surface area contributed by atoms with Gasteiger partial charge in [0.2, 0.25) is 5.28 Å². The average Bonchev–Trinajstić information content (AvgIpc) is 2.55. The molecule has 0 aliphatic carbocycles. The first-order chi connectivity index (χ1) is 12.7. The molecule has 0 spiro atoms. The van der Waals surface area contributed by atoms with E-state index in [2.05, 4.69) is 15.3 Å². The van der Waals surface area contributed by atoms with E-state index >= 15 is 0 Å². The van der Waals surface area contributed by atoms with Gasteiger partial charge in [0.25, 0.3) is 0 Å². The number of urea groups is 1. The fraction of sp³-hybridized carbons (Fsp3) is 0.450. The molecule has 6 nitrogen and oxygen atoms in total. The molecule has 1 fully saturated rings. The van der Waals surface area contributed by atoms with Crippen molar-refractivity contribution in [2.45, 2.75) is 45.9 Å². The monoisotopic (exact) mass is 388 g/mol. The van der Waals surface area contributed by atoms with E-state index < -0.39 is 0 Å². The average molecular weight is 389 g/mol. The predicted molar refractivity (Wildman–Crippen MR) is 106 cm³/mol. The molecule has 1 N–H and O–H groups in total. The van der Waals surface area contributed by atoms with Crippen LogP contribution < -0.4 is 5.32 Å². The van der Waals surface area contributed by atoms with Crippen LogP contribution in [0.1, 0.15) is 31.9 Å². The summed E-state index contributed by atoms with van der Waals surface area (Å²) >= 11 is 5.86. The highest BCUT2D eigenvalue weighted by Gasteiger charge is 2.33. The molecule has 144 valence electrons. The maximum atomic E-state index is 12.3. The van der Waals surface area contributed by atoms with Gasteiger partial charge in [-0.15, -0.1) is 0 Å². The largest absolute Gasteiger partial charge is 0.369 e. The molecule has 2 heterocycles. The first-order valence-corrected chi connectivity index (χ1v) is 9.38. The van der Waals surface area contributed by atoms with Crippen molar-refractivity contribution in [3.8, 4) is 11.3 Å². The molecule has 1 aromatic heterocycles. The molecule has 27 heavy (non-hydrogen) atoms. The zero-order valence-corrected chi connectivity index (χ0v) is 16.9. The maximum Gasteiger partial charge on any atom is 0.317 e. The van der Waals surface area contributed by atoms with Crippen LogP contribution in [0.25, 0.3) is 11.3 Å². The Morgan fingerprint density at radius 1 is 1.33 bits per heavy atom. The number of ether oxygens (including phenoxy) is 1. The van der Waals surface area contributed by atoms with E-state index in [0.29, 0.717) is 19.6 Å². The van der Waals surface area contributed by atoms with Gasteiger partial charge in [0.1, 0.15) is 0 Å². The molecular formula is C20H25ClN4O2. The van der Waals surface area contributed by atoms with E-state index in [9.17, 15) is 4.79 Å². The third kappa shape index (κ3) is 5.17. The highest BCUT2D eigenvalue weighted by Crippen LogP contribution is 2.22. The second-order valence-electron chi connectivity index (χ2n) is 7.77. The van der Waals surface area contributed by atoms with Crippen molar-refractivity contribution in [1.82, 2.24) is 20.2 Å². The number of aryl methyl sites for hydroxylation is 1. The Hall–Kier alpha value is -2.18. The highest BCUT2D eigenvalue weighted by molar-refractivity contribution is 6.28. The number of carbonyl (C=O) groups excluding carboxylic acids is 1. The highest BCUT2D eigenvalue weighted by atomic mass is 35.5. The van der Waals surface area contributed by atoms with Crippen LogP contribution in [-0.2, 0) is 11.3 Å². The van der Waals surface area contributed by atoms with Crippen LogP contribution in [0.15, 0.2) is 30.5 Å². The van der Waals surface area contributed by atoms with Gasteiger partial charge in [0, 0.05) is 18.3 Å². The van der Waals surface area contributed by atoms with Crippen molar-refractivity contribution >= 4 is 17.6 Å².